The van der Waals surface area contributed by atoms with E-state index >= 15 is 0 Å². The van der Waals surface area contributed by atoms with Crippen molar-refractivity contribution in [2.24, 2.45) is 0 Å². The van der Waals surface area contributed by atoms with Gasteiger partial charge in [-0.05, 0) is 42.5 Å². The number of hydrogen-bond donors (Lipinski definition) is 1. The van der Waals surface area contributed by atoms with E-state index in [1.54, 1.807) is 12.1 Å². The summed E-state index contributed by atoms with van der Waals surface area (Å²) in [6, 6.07) is 10.8. The van der Waals surface area contributed by atoms with Gasteiger partial charge in [0.2, 0.25) is 5.91 Å². The highest BCUT2D eigenvalue weighted by Crippen LogP contribution is 2.36. The van der Waals surface area contributed by atoms with Crippen molar-refractivity contribution in [1.82, 2.24) is 4.90 Å². The van der Waals surface area contributed by atoms with E-state index in [2.05, 4.69) is 5.32 Å². The SMILES string of the molecule is O=C(CN(Cc1ccco1)C(=O)c1ccc([N+](=O)[O-])cc1)Nc1ccc(Cl)c(C(F)(F)F)c1. The molecule has 0 saturated heterocycles. The number of halogens is 4. The number of carbonyl (C=O) groups is 2. The molecule has 0 spiro atoms. The molecule has 2 aromatic carbocycles. The van der Waals surface area contributed by atoms with Crippen LogP contribution in [0.5, 0.6) is 0 Å². The third-order valence-electron chi connectivity index (χ3n) is 4.43. The molecule has 3 aromatic rings. The summed E-state index contributed by atoms with van der Waals surface area (Å²) in [6.45, 7) is -0.648. The van der Waals surface area contributed by atoms with Crippen LogP contribution in [0, 0.1) is 10.1 Å². The van der Waals surface area contributed by atoms with E-state index in [9.17, 15) is 32.9 Å². The Morgan fingerprint density at radius 1 is 1.12 bits per heavy atom. The molecule has 172 valence electrons. The van der Waals surface area contributed by atoms with Gasteiger partial charge in [-0.1, -0.05) is 11.6 Å². The first-order valence-electron chi connectivity index (χ1n) is 9.27. The van der Waals surface area contributed by atoms with Crippen LogP contribution in [0.4, 0.5) is 24.5 Å². The fraction of sp³-hybridized carbons (Fsp3) is 0.143. The summed E-state index contributed by atoms with van der Waals surface area (Å²) in [7, 11) is 0. The normalized spacial score (nSPS) is 11.2. The van der Waals surface area contributed by atoms with Crippen LogP contribution < -0.4 is 5.32 Å². The van der Waals surface area contributed by atoms with Crippen LogP contribution in [0.15, 0.2) is 65.3 Å². The first kappa shape index (κ1) is 23.8. The van der Waals surface area contributed by atoms with Crippen molar-refractivity contribution in [2.75, 3.05) is 11.9 Å². The Hall–Kier alpha value is -3.86. The minimum absolute atomic E-state index is 0.0748. The second-order valence-electron chi connectivity index (χ2n) is 6.79. The van der Waals surface area contributed by atoms with Crippen LogP contribution in [0.25, 0.3) is 0 Å². The molecule has 0 radical (unpaired) electrons. The molecule has 33 heavy (non-hydrogen) atoms. The summed E-state index contributed by atoms with van der Waals surface area (Å²) in [4.78, 5) is 36.8. The minimum Gasteiger partial charge on any atom is -0.467 e. The molecule has 0 unspecified atom stereocenters. The van der Waals surface area contributed by atoms with E-state index in [1.807, 2.05) is 0 Å². The summed E-state index contributed by atoms with van der Waals surface area (Å²) in [6.07, 6.45) is -3.34. The highest BCUT2D eigenvalue weighted by Gasteiger charge is 2.33. The lowest BCUT2D eigenvalue weighted by molar-refractivity contribution is -0.384. The third kappa shape index (κ3) is 6.10. The third-order valence-corrected chi connectivity index (χ3v) is 4.76. The average molecular weight is 482 g/mol. The summed E-state index contributed by atoms with van der Waals surface area (Å²) in [5.74, 6) is -1.06. The Balaban J connectivity index is 1.79. The molecule has 0 aliphatic heterocycles. The highest BCUT2D eigenvalue weighted by molar-refractivity contribution is 6.31. The van der Waals surface area contributed by atoms with Gasteiger partial charge in [-0.3, -0.25) is 19.7 Å². The molecule has 0 saturated carbocycles. The van der Waals surface area contributed by atoms with Gasteiger partial charge in [0.25, 0.3) is 11.6 Å². The van der Waals surface area contributed by atoms with E-state index in [0.717, 1.165) is 23.1 Å². The average Bonchev–Trinajstić information content (AvgIpc) is 3.26. The molecule has 0 bridgehead atoms. The lowest BCUT2D eigenvalue weighted by Crippen LogP contribution is -2.37. The number of nitrogens with one attached hydrogen (secondary N) is 1. The summed E-state index contributed by atoms with van der Waals surface area (Å²) >= 11 is 5.58. The Kier molecular flexibility index (Phi) is 7.02. The van der Waals surface area contributed by atoms with Crippen molar-refractivity contribution >= 4 is 34.8 Å². The van der Waals surface area contributed by atoms with Crippen molar-refractivity contribution in [1.29, 1.82) is 0 Å². The molecule has 2 amide bonds. The number of nitro benzene ring substituents is 1. The zero-order valence-corrected chi connectivity index (χ0v) is 17.4. The molecule has 1 heterocycles. The predicted molar refractivity (Wildman–Crippen MR) is 112 cm³/mol. The lowest BCUT2D eigenvalue weighted by atomic mass is 10.1. The molecule has 8 nitrogen and oxygen atoms in total. The second-order valence-corrected chi connectivity index (χ2v) is 7.19. The van der Waals surface area contributed by atoms with Gasteiger partial charge in [-0.15, -0.1) is 0 Å². The molecule has 0 aliphatic rings. The van der Waals surface area contributed by atoms with E-state index in [-0.39, 0.29) is 23.5 Å². The summed E-state index contributed by atoms with van der Waals surface area (Å²) in [5.41, 5.74) is -1.41. The number of hydrogen-bond acceptors (Lipinski definition) is 5. The maximum Gasteiger partial charge on any atom is 0.417 e. The van der Waals surface area contributed by atoms with E-state index in [0.29, 0.717) is 11.8 Å². The van der Waals surface area contributed by atoms with Crippen LogP contribution in [-0.4, -0.2) is 28.2 Å². The van der Waals surface area contributed by atoms with Gasteiger partial charge in [0.1, 0.15) is 12.3 Å². The molecule has 3 rings (SSSR count). The standard InChI is InChI=1S/C21H15ClF3N3O5/c22-18-8-5-14(10-17(18)21(23,24)25)26-19(29)12-27(11-16-2-1-9-33-16)20(30)13-3-6-15(7-4-13)28(31)32/h1-10H,11-12H2,(H,26,29). The van der Waals surface area contributed by atoms with Gasteiger partial charge in [-0.2, -0.15) is 13.2 Å². The first-order valence-corrected chi connectivity index (χ1v) is 9.65. The minimum atomic E-state index is -4.71. The molecule has 0 aliphatic carbocycles. The van der Waals surface area contributed by atoms with Crippen LogP contribution in [0.2, 0.25) is 5.02 Å². The van der Waals surface area contributed by atoms with Gasteiger partial charge >= 0.3 is 6.18 Å². The Labute approximate surface area is 189 Å². The van der Waals surface area contributed by atoms with E-state index in [4.69, 9.17) is 16.0 Å². The molecule has 1 N–H and O–H groups in total. The summed E-state index contributed by atoms with van der Waals surface area (Å²) in [5, 5.41) is 12.6. The number of furan rings is 1. The predicted octanol–water partition coefficient (Wildman–Crippen LogP) is 5.14. The molecular weight excluding hydrogens is 467 g/mol. The maximum atomic E-state index is 13.1. The number of nitrogens with zero attached hydrogens (tertiary/aromatic N) is 2. The molecule has 0 fully saturated rings. The number of nitro groups is 1. The largest absolute Gasteiger partial charge is 0.467 e. The van der Waals surface area contributed by atoms with Crippen molar-refractivity contribution in [3.8, 4) is 0 Å². The number of non-ortho nitro benzene ring substituents is 1. The summed E-state index contributed by atoms with van der Waals surface area (Å²) < 4.78 is 44.4. The fourth-order valence-corrected chi connectivity index (χ4v) is 3.12. The van der Waals surface area contributed by atoms with Crippen LogP contribution in [0.3, 0.4) is 0 Å². The van der Waals surface area contributed by atoms with Crippen LogP contribution >= 0.6 is 11.6 Å². The topological polar surface area (TPSA) is 106 Å². The van der Waals surface area contributed by atoms with Gasteiger partial charge < -0.3 is 14.6 Å². The number of anilines is 1. The number of alkyl halides is 3. The number of rotatable bonds is 7. The van der Waals surface area contributed by atoms with Crippen molar-refractivity contribution in [2.45, 2.75) is 12.7 Å². The first-order chi connectivity index (χ1) is 15.5. The van der Waals surface area contributed by atoms with Gasteiger partial charge in [0.05, 0.1) is 28.3 Å². The van der Waals surface area contributed by atoms with E-state index in [1.165, 1.54) is 24.5 Å². The zero-order chi connectivity index (χ0) is 24.2. The Bertz CT molecular complexity index is 1160. The monoisotopic (exact) mass is 481 g/mol. The van der Waals surface area contributed by atoms with Gasteiger partial charge in [-0.25, -0.2) is 0 Å². The molecule has 1 aromatic heterocycles. The second kappa shape index (κ2) is 9.74. The number of carbonyl (C=O) groups excluding carboxylic acids is 2. The number of benzene rings is 2. The molecule has 0 atom stereocenters. The van der Waals surface area contributed by atoms with Gasteiger partial charge in [0.15, 0.2) is 0 Å². The molecular formula is C21H15ClF3N3O5. The highest BCUT2D eigenvalue weighted by atomic mass is 35.5. The van der Waals surface area contributed by atoms with Crippen LogP contribution in [0.1, 0.15) is 21.7 Å². The van der Waals surface area contributed by atoms with Gasteiger partial charge in [0, 0.05) is 23.4 Å². The van der Waals surface area contributed by atoms with Crippen molar-refractivity contribution in [3.63, 3.8) is 0 Å². The molecule has 12 heteroatoms. The Morgan fingerprint density at radius 2 is 1.82 bits per heavy atom. The zero-order valence-electron chi connectivity index (χ0n) is 16.6. The maximum absolute atomic E-state index is 13.1. The lowest BCUT2D eigenvalue weighted by Gasteiger charge is -2.21. The van der Waals surface area contributed by atoms with Crippen molar-refractivity contribution in [3.05, 3.63) is 92.9 Å². The Morgan fingerprint density at radius 3 is 2.39 bits per heavy atom. The van der Waals surface area contributed by atoms with E-state index < -0.39 is 40.0 Å². The van der Waals surface area contributed by atoms with Crippen LogP contribution in [-0.2, 0) is 17.5 Å². The van der Waals surface area contributed by atoms with Crippen molar-refractivity contribution < 1.29 is 32.1 Å². The fourth-order valence-electron chi connectivity index (χ4n) is 2.89. The number of amides is 2. The quantitative estimate of drug-likeness (QED) is 0.371. The smallest absolute Gasteiger partial charge is 0.417 e.